The molecule has 98 valence electrons. The van der Waals surface area contributed by atoms with Crippen LogP contribution in [0.15, 0.2) is 22.7 Å². The molecule has 1 aromatic rings. The second-order valence-electron chi connectivity index (χ2n) is 4.54. The van der Waals surface area contributed by atoms with Gasteiger partial charge in [0.2, 0.25) is 5.91 Å². The smallest absolute Gasteiger partial charge is 0.244 e. The molecule has 0 aliphatic carbocycles. The lowest BCUT2D eigenvalue weighted by Crippen LogP contribution is -2.50. The molecule has 1 aliphatic rings. The van der Waals surface area contributed by atoms with Crippen LogP contribution in [0.5, 0.6) is 0 Å². The monoisotopic (exact) mass is 330 g/mol. The molecule has 0 saturated carbocycles. The van der Waals surface area contributed by atoms with Gasteiger partial charge in [-0.2, -0.15) is 0 Å². The molecule has 1 fully saturated rings. The first-order chi connectivity index (χ1) is 8.57. The van der Waals surface area contributed by atoms with Crippen LogP contribution in [0.1, 0.15) is 26.2 Å². The van der Waals surface area contributed by atoms with Crippen LogP contribution in [-0.2, 0) is 4.79 Å². The van der Waals surface area contributed by atoms with Gasteiger partial charge >= 0.3 is 0 Å². The average Bonchev–Trinajstić information content (AvgIpc) is 2.84. The van der Waals surface area contributed by atoms with E-state index in [0.29, 0.717) is 10.7 Å². The molecule has 1 aromatic carbocycles. The van der Waals surface area contributed by atoms with E-state index in [-0.39, 0.29) is 5.91 Å². The van der Waals surface area contributed by atoms with Crippen LogP contribution in [0.2, 0.25) is 5.02 Å². The Kier molecular flexibility index (Phi) is 4.30. The Balaban J connectivity index is 2.18. The molecule has 0 bridgehead atoms. The number of halogens is 2. The first-order valence-electron chi connectivity index (χ1n) is 6.09. The molecule has 1 heterocycles. The van der Waals surface area contributed by atoms with Crippen LogP contribution in [0.4, 0.5) is 5.69 Å². The van der Waals surface area contributed by atoms with Gasteiger partial charge in [0, 0.05) is 4.47 Å². The Hall–Kier alpha value is -0.580. The Labute approximate surface area is 120 Å². The second kappa shape index (κ2) is 5.59. The summed E-state index contributed by atoms with van der Waals surface area (Å²) in [4.78, 5) is 12.4. The summed E-state index contributed by atoms with van der Waals surface area (Å²) < 4.78 is 0.895. The van der Waals surface area contributed by atoms with Crippen molar-refractivity contribution in [2.75, 3.05) is 11.9 Å². The summed E-state index contributed by atoms with van der Waals surface area (Å²) in [5.74, 6) is 0.00231. The number of carbonyl (C=O) groups excluding carboxylic acids is 1. The van der Waals surface area contributed by atoms with Crippen LogP contribution in [-0.4, -0.2) is 18.0 Å². The molecule has 0 aromatic heterocycles. The van der Waals surface area contributed by atoms with E-state index in [1.165, 1.54) is 0 Å². The summed E-state index contributed by atoms with van der Waals surface area (Å²) in [6.07, 6.45) is 2.69. The van der Waals surface area contributed by atoms with Crippen LogP contribution < -0.4 is 10.6 Å². The first-order valence-corrected chi connectivity index (χ1v) is 7.26. The molecule has 5 heteroatoms. The van der Waals surface area contributed by atoms with Crippen molar-refractivity contribution in [2.24, 2.45) is 0 Å². The Morgan fingerprint density at radius 2 is 2.39 bits per heavy atom. The number of hydrogen-bond acceptors (Lipinski definition) is 2. The molecule has 2 N–H and O–H groups in total. The molecular weight excluding hydrogens is 316 g/mol. The van der Waals surface area contributed by atoms with E-state index in [2.05, 4.69) is 26.6 Å². The van der Waals surface area contributed by atoms with Crippen LogP contribution in [0.25, 0.3) is 0 Å². The molecule has 1 unspecified atom stereocenters. The lowest BCUT2D eigenvalue weighted by molar-refractivity contribution is -0.122. The fraction of sp³-hybridized carbons (Fsp3) is 0.462. The average molecular weight is 332 g/mol. The third-order valence-electron chi connectivity index (χ3n) is 3.46. The van der Waals surface area contributed by atoms with E-state index >= 15 is 0 Å². The molecule has 1 saturated heterocycles. The molecule has 3 nitrogen and oxygen atoms in total. The lowest BCUT2D eigenvalue weighted by atomic mass is 9.93. The largest absolute Gasteiger partial charge is 0.323 e. The van der Waals surface area contributed by atoms with Crippen molar-refractivity contribution in [3.8, 4) is 0 Å². The van der Waals surface area contributed by atoms with Crippen LogP contribution in [0.3, 0.4) is 0 Å². The van der Waals surface area contributed by atoms with Crippen LogP contribution >= 0.6 is 27.5 Å². The highest BCUT2D eigenvalue weighted by molar-refractivity contribution is 9.10. The van der Waals surface area contributed by atoms with E-state index in [1.807, 2.05) is 19.1 Å². The summed E-state index contributed by atoms with van der Waals surface area (Å²) in [7, 11) is 0. The number of nitrogens with one attached hydrogen (secondary N) is 2. The van der Waals surface area contributed by atoms with E-state index < -0.39 is 5.54 Å². The fourth-order valence-electron chi connectivity index (χ4n) is 2.30. The number of rotatable bonds is 3. The van der Waals surface area contributed by atoms with Gasteiger partial charge in [0.15, 0.2) is 0 Å². The van der Waals surface area contributed by atoms with Crippen molar-refractivity contribution < 1.29 is 4.79 Å². The van der Waals surface area contributed by atoms with Crippen molar-refractivity contribution in [2.45, 2.75) is 31.7 Å². The highest BCUT2D eigenvalue weighted by atomic mass is 79.9. The maximum absolute atomic E-state index is 12.4. The maximum atomic E-state index is 12.4. The Morgan fingerprint density at radius 3 is 3.00 bits per heavy atom. The Bertz CT molecular complexity index is 458. The van der Waals surface area contributed by atoms with E-state index in [4.69, 9.17) is 11.6 Å². The third kappa shape index (κ3) is 2.71. The zero-order valence-electron chi connectivity index (χ0n) is 10.2. The molecule has 2 rings (SSSR count). The second-order valence-corrected chi connectivity index (χ2v) is 5.87. The van der Waals surface area contributed by atoms with E-state index in [0.717, 1.165) is 30.3 Å². The van der Waals surface area contributed by atoms with Crippen molar-refractivity contribution in [3.63, 3.8) is 0 Å². The number of amides is 1. The van der Waals surface area contributed by atoms with Gasteiger partial charge in [0.1, 0.15) is 0 Å². The molecule has 1 amide bonds. The maximum Gasteiger partial charge on any atom is 0.244 e. The number of carbonyl (C=O) groups is 1. The van der Waals surface area contributed by atoms with Gasteiger partial charge < -0.3 is 10.6 Å². The van der Waals surface area contributed by atoms with Gasteiger partial charge in [0.25, 0.3) is 0 Å². The van der Waals surface area contributed by atoms with Crippen molar-refractivity contribution in [1.82, 2.24) is 5.32 Å². The van der Waals surface area contributed by atoms with E-state index in [1.54, 1.807) is 6.07 Å². The summed E-state index contributed by atoms with van der Waals surface area (Å²) in [6, 6.07) is 5.43. The Morgan fingerprint density at radius 1 is 1.61 bits per heavy atom. The zero-order valence-corrected chi connectivity index (χ0v) is 12.6. The van der Waals surface area contributed by atoms with Gasteiger partial charge in [-0.05, 0) is 44.0 Å². The van der Waals surface area contributed by atoms with E-state index in [9.17, 15) is 4.79 Å². The van der Waals surface area contributed by atoms with Gasteiger partial charge in [-0.15, -0.1) is 0 Å². The van der Waals surface area contributed by atoms with Gasteiger partial charge in [-0.1, -0.05) is 34.5 Å². The highest BCUT2D eigenvalue weighted by Crippen LogP contribution is 2.29. The summed E-state index contributed by atoms with van der Waals surface area (Å²) in [5.41, 5.74) is 0.212. The van der Waals surface area contributed by atoms with Crippen molar-refractivity contribution >= 4 is 39.1 Å². The van der Waals surface area contributed by atoms with Gasteiger partial charge in [-0.3, -0.25) is 4.79 Å². The van der Waals surface area contributed by atoms with Crippen molar-refractivity contribution in [1.29, 1.82) is 0 Å². The SMILES string of the molecule is CCC1(C(=O)Nc2cc(Br)ccc2Cl)CCCN1. The number of anilines is 1. The molecule has 1 aliphatic heterocycles. The third-order valence-corrected chi connectivity index (χ3v) is 4.28. The molecule has 0 spiro atoms. The minimum atomic E-state index is -0.439. The normalized spacial score (nSPS) is 23.1. The number of hydrogen-bond donors (Lipinski definition) is 2. The predicted molar refractivity (Wildman–Crippen MR) is 78.0 cm³/mol. The van der Waals surface area contributed by atoms with Crippen molar-refractivity contribution in [3.05, 3.63) is 27.7 Å². The lowest BCUT2D eigenvalue weighted by Gasteiger charge is -2.26. The standard InChI is InChI=1S/C13H16BrClN2O/c1-2-13(6-3-7-16-13)12(18)17-11-8-9(14)4-5-10(11)15/h4-5,8,16H,2-3,6-7H2,1H3,(H,17,18). The topological polar surface area (TPSA) is 41.1 Å². The van der Waals surface area contributed by atoms with Crippen LogP contribution in [0, 0.1) is 0 Å². The van der Waals surface area contributed by atoms with Gasteiger partial charge in [-0.25, -0.2) is 0 Å². The summed E-state index contributed by atoms with van der Waals surface area (Å²) in [6.45, 7) is 2.92. The minimum Gasteiger partial charge on any atom is -0.323 e. The minimum absolute atomic E-state index is 0.00231. The molecule has 1 atom stereocenters. The molecular formula is C13H16BrClN2O. The summed E-state index contributed by atoms with van der Waals surface area (Å²) >= 11 is 9.45. The van der Waals surface area contributed by atoms with Gasteiger partial charge in [0.05, 0.1) is 16.2 Å². The quantitative estimate of drug-likeness (QED) is 0.889. The summed E-state index contributed by atoms with van der Waals surface area (Å²) in [5, 5.41) is 6.78. The fourth-order valence-corrected chi connectivity index (χ4v) is 2.82. The molecule has 18 heavy (non-hydrogen) atoms. The molecule has 0 radical (unpaired) electrons. The predicted octanol–water partition coefficient (Wildman–Crippen LogP) is 3.57. The zero-order chi connectivity index (χ0) is 13.2. The first kappa shape index (κ1) is 13.8. The highest BCUT2D eigenvalue weighted by Gasteiger charge is 2.39. The number of benzene rings is 1.